The first kappa shape index (κ1) is 25.7. The van der Waals surface area contributed by atoms with Gasteiger partial charge in [0.25, 0.3) is 0 Å². The Hall–Kier alpha value is -2.89. The molecule has 2 fully saturated rings. The highest BCUT2D eigenvalue weighted by molar-refractivity contribution is 7.98. The van der Waals surface area contributed by atoms with E-state index in [1.165, 1.54) is 11.8 Å². The van der Waals surface area contributed by atoms with Crippen LogP contribution >= 0.6 is 23.4 Å². The number of rotatable bonds is 4. The number of thioether (sulfide) groups is 1. The van der Waals surface area contributed by atoms with Gasteiger partial charge in [-0.3, -0.25) is 0 Å². The maximum atomic E-state index is 15.3. The summed E-state index contributed by atoms with van der Waals surface area (Å²) in [5, 5.41) is 0.350. The Bertz CT molecular complexity index is 1310. The summed E-state index contributed by atoms with van der Waals surface area (Å²) in [5.74, 6) is 0.330. The number of carbonyl (C=O) groups excluding carboxylic acids is 1. The Labute approximate surface area is 223 Å². The minimum atomic E-state index is -0.746. The SMILES string of the molecule is CSc1nc(N2C3COCC2CN(C(=O)OC(C)(C)C)C3)c2c(Oc3ccccc3)nc(Cl)c(F)c2n1. The second-order valence-corrected chi connectivity index (χ2v) is 11.0. The van der Waals surface area contributed by atoms with Gasteiger partial charge in [0.2, 0.25) is 5.88 Å². The molecule has 2 aromatic heterocycles. The molecule has 2 aliphatic rings. The van der Waals surface area contributed by atoms with Gasteiger partial charge in [-0.15, -0.1) is 0 Å². The predicted molar refractivity (Wildman–Crippen MR) is 139 cm³/mol. The van der Waals surface area contributed by atoms with E-state index >= 15 is 4.39 Å². The molecule has 1 amide bonds. The van der Waals surface area contributed by atoms with Crippen molar-refractivity contribution in [3.8, 4) is 11.6 Å². The molecule has 2 aliphatic heterocycles. The molecule has 0 spiro atoms. The smallest absolute Gasteiger partial charge is 0.410 e. The highest BCUT2D eigenvalue weighted by Gasteiger charge is 2.43. The van der Waals surface area contributed by atoms with E-state index in [1.54, 1.807) is 17.0 Å². The van der Waals surface area contributed by atoms with E-state index in [2.05, 4.69) is 14.9 Å². The average Bonchev–Trinajstić information content (AvgIpc) is 2.85. The number of piperazine rings is 1. The van der Waals surface area contributed by atoms with Crippen molar-refractivity contribution in [1.82, 2.24) is 19.9 Å². The molecule has 0 N–H and O–H groups in total. The number of benzene rings is 1. The van der Waals surface area contributed by atoms with E-state index < -0.39 is 11.4 Å². The largest absolute Gasteiger partial charge is 0.444 e. The second-order valence-electron chi connectivity index (χ2n) is 9.83. The van der Waals surface area contributed by atoms with Crippen molar-refractivity contribution in [2.45, 2.75) is 43.6 Å². The summed E-state index contributed by atoms with van der Waals surface area (Å²) in [4.78, 5) is 30.1. The third-order valence-corrected chi connectivity index (χ3v) is 6.78. The Morgan fingerprint density at radius 2 is 1.81 bits per heavy atom. The number of amides is 1. The van der Waals surface area contributed by atoms with Crippen molar-refractivity contribution >= 4 is 46.2 Å². The Kier molecular flexibility index (Phi) is 7.03. The van der Waals surface area contributed by atoms with E-state index in [0.717, 1.165) is 0 Å². The zero-order valence-corrected chi connectivity index (χ0v) is 22.5. The first-order chi connectivity index (χ1) is 17.6. The third kappa shape index (κ3) is 5.25. The van der Waals surface area contributed by atoms with Crippen molar-refractivity contribution in [3.05, 3.63) is 41.3 Å². The number of hydrogen-bond acceptors (Lipinski definition) is 9. The Balaban J connectivity index is 1.61. The van der Waals surface area contributed by atoms with Gasteiger partial charge in [0, 0.05) is 13.1 Å². The standard InChI is InChI=1S/C25H27ClFN5O4S/c1-25(2,3)36-24(33)31-10-14-12-34-13-15(11-31)32(14)21-17-19(28-23(30-21)37-4)18(27)20(26)29-22(17)35-16-8-6-5-7-9-16/h5-9,14-15H,10-13H2,1-4H3. The fourth-order valence-electron chi connectivity index (χ4n) is 4.51. The minimum absolute atomic E-state index is 0.0221. The first-order valence-corrected chi connectivity index (χ1v) is 13.4. The number of pyridine rings is 1. The lowest BCUT2D eigenvalue weighted by molar-refractivity contribution is -0.0107. The zero-order valence-electron chi connectivity index (χ0n) is 20.9. The van der Waals surface area contributed by atoms with Gasteiger partial charge in [-0.1, -0.05) is 41.6 Å². The van der Waals surface area contributed by atoms with E-state index in [9.17, 15) is 4.79 Å². The van der Waals surface area contributed by atoms with Crippen LogP contribution in [0.15, 0.2) is 35.5 Å². The highest BCUT2D eigenvalue weighted by Crippen LogP contribution is 2.41. The molecule has 0 radical (unpaired) electrons. The summed E-state index contributed by atoms with van der Waals surface area (Å²) in [6, 6.07) is 8.54. The van der Waals surface area contributed by atoms with Crippen molar-refractivity contribution in [3.63, 3.8) is 0 Å². The average molecular weight is 548 g/mol. The number of ether oxygens (including phenoxy) is 3. The molecule has 3 aromatic rings. The van der Waals surface area contributed by atoms with Crippen molar-refractivity contribution < 1.29 is 23.4 Å². The Morgan fingerprint density at radius 3 is 2.43 bits per heavy atom. The number of para-hydroxylation sites is 1. The summed E-state index contributed by atoms with van der Waals surface area (Å²) >= 11 is 7.46. The lowest BCUT2D eigenvalue weighted by Crippen LogP contribution is -2.66. The topological polar surface area (TPSA) is 89.9 Å². The molecule has 0 aliphatic carbocycles. The van der Waals surface area contributed by atoms with Crippen molar-refractivity contribution in [2.24, 2.45) is 0 Å². The molecule has 5 rings (SSSR count). The summed E-state index contributed by atoms with van der Waals surface area (Å²) in [7, 11) is 0. The number of anilines is 1. The number of carbonyl (C=O) groups is 1. The van der Waals surface area contributed by atoms with Gasteiger partial charge in [-0.2, -0.15) is 4.98 Å². The summed E-state index contributed by atoms with van der Waals surface area (Å²) in [6.45, 7) is 6.92. The number of morpholine rings is 1. The molecule has 4 heterocycles. The Morgan fingerprint density at radius 1 is 1.14 bits per heavy atom. The monoisotopic (exact) mass is 547 g/mol. The fourth-order valence-corrected chi connectivity index (χ4v) is 5.04. The van der Waals surface area contributed by atoms with Crippen LogP contribution in [-0.2, 0) is 9.47 Å². The van der Waals surface area contributed by atoms with Crippen LogP contribution in [0, 0.1) is 5.82 Å². The second kappa shape index (κ2) is 10.1. The van der Waals surface area contributed by atoms with Gasteiger partial charge in [-0.05, 0) is 39.2 Å². The van der Waals surface area contributed by atoms with E-state index in [0.29, 0.717) is 48.4 Å². The van der Waals surface area contributed by atoms with Crippen LogP contribution in [-0.4, -0.2) is 76.2 Å². The normalized spacial score (nSPS) is 19.7. The molecular formula is C25H27ClFN5O4S. The number of halogens is 2. The van der Waals surface area contributed by atoms with Crippen LogP contribution < -0.4 is 9.64 Å². The molecule has 196 valence electrons. The number of fused-ring (bicyclic) bond motifs is 3. The maximum absolute atomic E-state index is 15.3. The number of hydrogen-bond donors (Lipinski definition) is 0. The molecular weight excluding hydrogens is 521 g/mol. The van der Waals surface area contributed by atoms with Crippen molar-refractivity contribution in [1.29, 1.82) is 0 Å². The molecule has 2 atom stereocenters. The van der Waals surface area contributed by atoms with Crippen LogP contribution in [0.5, 0.6) is 11.6 Å². The molecule has 1 aromatic carbocycles. The molecule has 37 heavy (non-hydrogen) atoms. The van der Waals surface area contributed by atoms with E-state index in [-0.39, 0.29) is 34.7 Å². The van der Waals surface area contributed by atoms with Gasteiger partial charge in [0.15, 0.2) is 16.1 Å². The minimum Gasteiger partial charge on any atom is -0.444 e. The molecule has 9 nitrogen and oxygen atoms in total. The third-order valence-electron chi connectivity index (χ3n) is 5.98. The fraction of sp³-hybridized carbons (Fsp3) is 0.440. The first-order valence-electron chi connectivity index (χ1n) is 11.8. The lowest BCUT2D eigenvalue weighted by atomic mass is 10.0. The van der Waals surface area contributed by atoms with E-state index in [4.69, 9.17) is 30.8 Å². The van der Waals surface area contributed by atoms with Crippen LogP contribution in [0.2, 0.25) is 5.15 Å². The summed E-state index contributed by atoms with van der Waals surface area (Å²) in [5.41, 5.74) is -0.587. The quantitative estimate of drug-likeness (QED) is 0.250. The predicted octanol–water partition coefficient (Wildman–Crippen LogP) is 5.16. The summed E-state index contributed by atoms with van der Waals surface area (Å²) in [6.07, 6.45) is 1.44. The van der Waals surface area contributed by atoms with Gasteiger partial charge in [-0.25, -0.2) is 19.2 Å². The molecule has 12 heteroatoms. The molecule has 2 unspecified atom stereocenters. The maximum Gasteiger partial charge on any atom is 0.410 e. The zero-order chi connectivity index (χ0) is 26.3. The van der Waals surface area contributed by atoms with Crippen LogP contribution in [0.4, 0.5) is 15.0 Å². The number of nitrogens with zero attached hydrogens (tertiary/aromatic N) is 5. The van der Waals surface area contributed by atoms with Crippen LogP contribution in [0.1, 0.15) is 20.8 Å². The van der Waals surface area contributed by atoms with E-state index in [1.807, 2.05) is 45.2 Å². The van der Waals surface area contributed by atoms with Gasteiger partial charge >= 0.3 is 6.09 Å². The van der Waals surface area contributed by atoms with Gasteiger partial charge < -0.3 is 24.0 Å². The van der Waals surface area contributed by atoms with Crippen molar-refractivity contribution in [2.75, 3.05) is 37.5 Å². The lowest BCUT2D eigenvalue weighted by Gasteiger charge is -2.50. The highest BCUT2D eigenvalue weighted by atomic mass is 35.5. The summed E-state index contributed by atoms with van der Waals surface area (Å²) < 4.78 is 32.9. The van der Waals surface area contributed by atoms with Gasteiger partial charge in [0.05, 0.1) is 25.3 Å². The number of aromatic nitrogens is 3. The van der Waals surface area contributed by atoms with Crippen LogP contribution in [0.3, 0.4) is 0 Å². The van der Waals surface area contributed by atoms with Crippen LogP contribution in [0.25, 0.3) is 10.9 Å². The molecule has 2 saturated heterocycles. The molecule has 2 bridgehead atoms. The molecule has 0 saturated carbocycles. The van der Waals surface area contributed by atoms with Gasteiger partial charge in [0.1, 0.15) is 28.1 Å².